The summed E-state index contributed by atoms with van der Waals surface area (Å²) < 4.78 is 26.1. The maximum atomic E-state index is 14.5. The second-order valence-corrected chi connectivity index (χ2v) is 6.59. The summed E-state index contributed by atoms with van der Waals surface area (Å²) in [7, 11) is -0.789. The van der Waals surface area contributed by atoms with E-state index >= 15 is 0 Å². The van der Waals surface area contributed by atoms with Crippen LogP contribution >= 0.6 is 11.8 Å². The van der Waals surface area contributed by atoms with E-state index in [0.717, 1.165) is 0 Å². The molecular weight excluding hydrogens is 276 g/mol. The Balaban J connectivity index is 2.44. The van der Waals surface area contributed by atoms with Crippen LogP contribution in [-0.2, 0) is 9.31 Å². The number of nitrogens with zero attached hydrogens (tertiary/aromatic N) is 1. The van der Waals surface area contributed by atoms with Gasteiger partial charge in [0.05, 0.1) is 11.2 Å². The van der Waals surface area contributed by atoms with Crippen molar-refractivity contribution in [3.05, 3.63) is 23.5 Å². The number of hydrogen-bond acceptors (Lipinski definition) is 4. The van der Waals surface area contributed by atoms with Gasteiger partial charge in [-0.25, -0.2) is 4.39 Å². The molecule has 0 amide bonds. The predicted molar refractivity (Wildman–Crippen MR) is 78.6 cm³/mol. The summed E-state index contributed by atoms with van der Waals surface area (Å²) in [5.74, 6) is -0.558. The van der Waals surface area contributed by atoms with Crippen molar-refractivity contribution in [1.82, 2.24) is 0 Å². The summed E-state index contributed by atoms with van der Waals surface area (Å²) in [6, 6.07) is 5.27. The number of thioether (sulfide) groups is 1. The van der Waals surface area contributed by atoms with Crippen LogP contribution in [0.2, 0.25) is 0 Å². The summed E-state index contributed by atoms with van der Waals surface area (Å²) >= 11 is 1.34. The Morgan fingerprint density at radius 1 is 1.20 bits per heavy atom. The smallest absolute Gasteiger partial charge is 0.399 e. The third-order valence-corrected chi connectivity index (χ3v) is 4.75. The first-order valence-corrected chi connectivity index (χ1v) is 7.58. The van der Waals surface area contributed by atoms with Crippen LogP contribution < -0.4 is 5.46 Å². The lowest BCUT2D eigenvalue weighted by atomic mass is 9.78. The van der Waals surface area contributed by atoms with Gasteiger partial charge in [-0.15, -0.1) is 11.8 Å². The van der Waals surface area contributed by atoms with Crippen molar-refractivity contribution in [3.63, 3.8) is 0 Å². The van der Waals surface area contributed by atoms with Crippen molar-refractivity contribution >= 4 is 24.3 Å². The first-order valence-electron chi connectivity index (χ1n) is 6.35. The summed E-state index contributed by atoms with van der Waals surface area (Å²) in [6.07, 6.45) is 1.81. The molecule has 1 heterocycles. The molecule has 1 aliphatic rings. The predicted octanol–water partition coefficient (Wildman–Crippen LogP) is 2.72. The molecule has 0 bridgehead atoms. The topological polar surface area (TPSA) is 42.2 Å². The quantitative estimate of drug-likeness (QED) is 0.621. The fourth-order valence-electron chi connectivity index (χ4n) is 2.00. The molecule has 1 aromatic rings. The largest absolute Gasteiger partial charge is 0.497 e. The molecule has 1 aromatic carbocycles. The van der Waals surface area contributed by atoms with Crippen molar-refractivity contribution in [2.75, 3.05) is 6.26 Å². The SMILES string of the molecule is CSc1ccc(B2OC(C)(C)C(C)(C)O2)c(F)c1C#N. The van der Waals surface area contributed by atoms with Gasteiger partial charge >= 0.3 is 7.12 Å². The zero-order valence-corrected chi connectivity index (χ0v) is 13.1. The van der Waals surface area contributed by atoms with Crippen LogP contribution in [0.5, 0.6) is 0 Å². The van der Waals surface area contributed by atoms with Crippen molar-refractivity contribution in [3.8, 4) is 6.07 Å². The van der Waals surface area contributed by atoms with Crippen LogP contribution in [0, 0.1) is 17.1 Å². The first-order chi connectivity index (χ1) is 9.23. The molecule has 0 aromatic heterocycles. The Morgan fingerprint density at radius 3 is 2.20 bits per heavy atom. The Kier molecular flexibility index (Phi) is 3.89. The molecule has 0 aliphatic carbocycles. The summed E-state index contributed by atoms with van der Waals surface area (Å²) in [5, 5.41) is 9.12. The molecule has 3 nitrogen and oxygen atoms in total. The summed E-state index contributed by atoms with van der Waals surface area (Å²) in [4.78, 5) is 0.616. The van der Waals surface area contributed by atoms with Crippen LogP contribution in [0.15, 0.2) is 17.0 Å². The van der Waals surface area contributed by atoms with E-state index in [1.54, 1.807) is 12.1 Å². The molecule has 1 aliphatic heterocycles. The van der Waals surface area contributed by atoms with Gasteiger partial charge in [0.25, 0.3) is 0 Å². The Bertz CT molecular complexity index is 567. The maximum Gasteiger partial charge on any atom is 0.497 e. The lowest BCUT2D eigenvalue weighted by Gasteiger charge is -2.32. The van der Waals surface area contributed by atoms with E-state index in [2.05, 4.69) is 0 Å². The van der Waals surface area contributed by atoms with Gasteiger partial charge in [0.2, 0.25) is 0 Å². The van der Waals surface area contributed by atoms with Gasteiger partial charge in [0.1, 0.15) is 17.4 Å². The second-order valence-electron chi connectivity index (χ2n) is 5.75. The summed E-state index contributed by atoms with van der Waals surface area (Å²) in [6.45, 7) is 7.64. The maximum absolute atomic E-state index is 14.5. The van der Waals surface area contributed by atoms with Crippen LogP contribution in [0.4, 0.5) is 4.39 Å². The van der Waals surface area contributed by atoms with E-state index in [1.807, 2.05) is 40.0 Å². The minimum Gasteiger partial charge on any atom is -0.399 e. The molecule has 20 heavy (non-hydrogen) atoms. The molecule has 1 saturated heterocycles. The standard InChI is InChI=1S/C14H17BFNO2S/c1-13(2)14(3,4)19-15(18-13)10-6-7-11(20-5)9(8-17)12(10)16/h6-7H,1-5H3. The van der Waals surface area contributed by atoms with Crippen LogP contribution in [0.25, 0.3) is 0 Å². The zero-order valence-electron chi connectivity index (χ0n) is 12.3. The molecule has 0 unspecified atom stereocenters. The molecule has 0 atom stereocenters. The minimum absolute atomic E-state index is 0.0460. The molecule has 0 saturated carbocycles. The van der Waals surface area contributed by atoms with Gasteiger partial charge in [-0.3, -0.25) is 0 Å². The van der Waals surface area contributed by atoms with E-state index in [9.17, 15) is 4.39 Å². The highest BCUT2D eigenvalue weighted by molar-refractivity contribution is 7.98. The normalized spacial score (nSPS) is 19.9. The van der Waals surface area contributed by atoms with E-state index in [4.69, 9.17) is 14.6 Å². The van der Waals surface area contributed by atoms with Crippen LogP contribution in [-0.4, -0.2) is 24.6 Å². The molecule has 0 spiro atoms. The summed E-state index contributed by atoms with van der Waals surface area (Å²) in [5.41, 5.74) is -0.743. The molecule has 0 radical (unpaired) electrons. The molecule has 106 valence electrons. The lowest BCUT2D eigenvalue weighted by molar-refractivity contribution is 0.00578. The van der Waals surface area contributed by atoms with E-state index in [1.165, 1.54) is 11.8 Å². The second kappa shape index (κ2) is 5.07. The van der Waals surface area contributed by atoms with Crippen molar-refractivity contribution in [2.45, 2.75) is 43.8 Å². The lowest BCUT2D eigenvalue weighted by Crippen LogP contribution is -2.41. The van der Waals surface area contributed by atoms with E-state index in [-0.39, 0.29) is 11.0 Å². The Labute approximate surface area is 123 Å². The Hall–Kier alpha value is -1.03. The third-order valence-electron chi connectivity index (χ3n) is 3.97. The van der Waals surface area contributed by atoms with Crippen molar-refractivity contribution < 1.29 is 13.7 Å². The number of hydrogen-bond donors (Lipinski definition) is 0. The Morgan fingerprint density at radius 2 is 1.75 bits per heavy atom. The monoisotopic (exact) mass is 293 g/mol. The zero-order chi connectivity index (χ0) is 15.1. The molecule has 1 fully saturated rings. The van der Waals surface area contributed by atoms with Crippen LogP contribution in [0.1, 0.15) is 33.3 Å². The van der Waals surface area contributed by atoms with Gasteiger partial charge in [-0.1, -0.05) is 6.07 Å². The van der Waals surface area contributed by atoms with Crippen LogP contribution in [0.3, 0.4) is 0 Å². The minimum atomic E-state index is -0.789. The van der Waals surface area contributed by atoms with E-state index < -0.39 is 24.1 Å². The molecule has 2 rings (SSSR count). The first kappa shape index (κ1) is 15.4. The van der Waals surface area contributed by atoms with Crippen molar-refractivity contribution in [2.24, 2.45) is 0 Å². The van der Waals surface area contributed by atoms with Crippen molar-refractivity contribution in [1.29, 1.82) is 5.26 Å². The van der Waals surface area contributed by atoms with Gasteiger partial charge in [0, 0.05) is 10.4 Å². The fourth-order valence-corrected chi connectivity index (χ4v) is 2.54. The van der Waals surface area contributed by atoms with Gasteiger partial charge in [-0.05, 0) is 40.0 Å². The van der Waals surface area contributed by atoms with Gasteiger partial charge < -0.3 is 9.31 Å². The number of halogens is 1. The fraction of sp³-hybridized carbons (Fsp3) is 0.500. The van der Waals surface area contributed by atoms with Gasteiger partial charge in [0.15, 0.2) is 0 Å². The number of nitriles is 1. The average Bonchev–Trinajstić information content (AvgIpc) is 2.57. The van der Waals surface area contributed by atoms with Gasteiger partial charge in [-0.2, -0.15) is 5.26 Å². The van der Waals surface area contributed by atoms with E-state index in [0.29, 0.717) is 4.90 Å². The highest BCUT2D eigenvalue weighted by Gasteiger charge is 2.52. The number of benzene rings is 1. The molecule has 6 heteroatoms. The highest BCUT2D eigenvalue weighted by atomic mass is 32.2. The molecule has 0 N–H and O–H groups in total. The number of rotatable bonds is 2. The third kappa shape index (κ3) is 2.35. The molecular formula is C14H17BFNO2S. The highest BCUT2D eigenvalue weighted by Crippen LogP contribution is 2.37. The average molecular weight is 293 g/mol.